The number of anilines is 1. The quantitative estimate of drug-likeness (QED) is 0.570. The minimum atomic E-state index is -4.70. The van der Waals surface area contributed by atoms with Gasteiger partial charge in [0.2, 0.25) is 21.8 Å². The van der Waals surface area contributed by atoms with Gasteiger partial charge < -0.3 is 15.0 Å². The van der Waals surface area contributed by atoms with Gasteiger partial charge in [0.1, 0.15) is 18.3 Å². The average Bonchev–Trinajstić information content (AvgIpc) is 2.78. The molecule has 0 aliphatic heterocycles. The molecular formula is C22H26F3N3O5S. The second-order valence-corrected chi connectivity index (χ2v) is 9.39. The van der Waals surface area contributed by atoms with Crippen molar-refractivity contribution in [3.05, 3.63) is 59.7 Å². The summed E-state index contributed by atoms with van der Waals surface area (Å²) in [4.78, 5) is 26.7. The molecule has 2 aromatic rings. The van der Waals surface area contributed by atoms with Crippen molar-refractivity contribution in [1.29, 1.82) is 0 Å². The van der Waals surface area contributed by atoms with Crippen molar-refractivity contribution >= 4 is 27.5 Å². The first-order valence-corrected chi connectivity index (χ1v) is 11.9. The Bertz CT molecular complexity index is 1140. The highest BCUT2D eigenvalue weighted by atomic mass is 32.2. The molecule has 0 radical (unpaired) electrons. The Labute approximate surface area is 196 Å². The third-order valence-electron chi connectivity index (χ3n) is 5.04. The summed E-state index contributed by atoms with van der Waals surface area (Å²) in [5.41, 5.74) is -0.772. The second-order valence-electron chi connectivity index (χ2n) is 7.48. The van der Waals surface area contributed by atoms with E-state index in [9.17, 15) is 31.2 Å². The number of alkyl halides is 3. The molecule has 0 aliphatic carbocycles. The van der Waals surface area contributed by atoms with E-state index in [-0.39, 0.29) is 12.2 Å². The first-order chi connectivity index (χ1) is 15.8. The zero-order valence-corrected chi connectivity index (χ0v) is 19.9. The number of carbonyl (C=O) groups is 2. The maximum absolute atomic E-state index is 13.3. The van der Waals surface area contributed by atoms with Gasteiger partial charge in [-0.1, -0.05) is 18.2 Å². The fourth-order valence-electron chi connectivity index (χ4n) is 3.21. The van der Waals surface area contributed by atoms with Crippen molar-refractivity contribution < 1.29 is 35.9 Å². The van der Waals surface area contributed by atoms with Crippen LogP contribution in [0.5, 0.6) is 5.75 Å². The molecule has 0 saturated heterocycles. The zero-order chi connectivity index (χ0) is 25.7. The van der Waals surface area contributed by atoms with Crippen molar-refractivity contribution in [2.24, 2.45) is 0 Å². The largest absolute Gasteiger partial charge is 0.497 e. The predicted molar refractivity (Wildman–Crippen MR) is 121 cm³/mol. The molecule has 1 N–H and O–H groups in total. The molecule has 0 fully saturated rings. The first-order valence-electron chi connectivity index (χ1n) is 10.1. The number of ether oxygens (including phenoxy) is 1. The maximum Gasteiger partial charge on any atom is 0.416 e. The topological polar surface area (TPSA) is 96.0 Å². The fourth-order valence-corrected chi connectivity index (χ4v) is 4.05. The van der Waals surface area contributed by atoms with Crippen LogP contribution in [-0.2, 0) is 32.3 Å². The Morgan fingerprint density at radius 2 is 1.76 bits per heavy atom. The van der Waals surface area contributed by atoms with Crippen LogP contribution >= 0.6 is 0 Å². The van der Waals surface area contributed by atoms with Crippen molar-refractivity contribution in [3.8, 4) is 5.75 Å². The monoisotopic (exact) mass is 501 g/mol. The first kappa shape index (κ1) is 27.0. The molecule has 0 unspecified atom stereocenters. The summed E-state index contributed by atoms with van der Waals surface area (Å²) in [6.07, 6.45) is -3.91. The van der Waals surface area contributed by atoms with Gasteiger partial charge in [0.25, 0.3) is 0 Å². The van der Waals surface area contributed by atoms with Crippen molar-refractivity contribution in [1.82, 2.24) is 10.2 Å². The Morgan fingerprint density at radius 1 is 1.12 bits per heavy atom. The van der Waals surface area contributed by atoms with Crippen LogP contribution in [-0.4, -0.2) is 58.1 Å². The summed E-state index contributed by atoms with van der Waals surface area (Å²) in [6.45, 7) is 0.599. The maximum atomic E-state index is 13.3. The number of amides is 2. The number of rotatable bonds is 9. The van der Waals surface area contributed by atoms with Crippen LogP contribution in [0.3, 0.4) is 0 Å². The van der Waals surface area contributed by atoms with Crippen LogP contribution in [0.15, 0.2) is 48.5 Å². The fraction of sp³-hybridized carbons (Fsp3) is 0.364. The number of benzene rings is 2. The van der Waals surface area contributed by atoms with Crippen molar-refractivity contribution in [2.75, 3.05) is 31.3 Å². The highest BCUT2D eigenvalue weighted by molar-refractivity contribution is 7.92. The lowest BCUT2D eigenvalue weighted by atomic mass is 10.1. The van der Waals surface area contributed by atoms with Crippen LogP contribution in [0.4, 0.5) is 18.9 Å². The third kappa shape index (κ3) is 6.86. The van der Waals surface area contributed by atoms with Gasteiger partial charge in [-0.05, 0) is 42.8 Å². The van der Waals surface area contributed by atoms with E-state index >= 15 is 0 Å². The summed E-state index contributed by atoms with van der Waals surface area (Å²) in [6, 6.07) is 9.41. The molecule has 0 saturated carbocycles. The molecular weight excluding hydrogens is 475 g/mol. The molecule has 1 atom stereocenters. The van der Waals surface area contributed by atoms with Crippen molar-refractivity contribution in [2.45, 2.75) is 25.7 Å². The van der Waals surface area contributed by atoms with Gasteiger partial charge in [0.05, 0.1) is 24.6 Å². The van der Waals surface area contributed by atoms with Gasteiger partial charge in [-0.15, -0.1) is 0 Å². The van der Waals surface area contributed by atoms with E-state index in [1.54, 1.807) is 24.3 Å². The Morgan fingerprint density at radius 3 is 2.32 bits per heavy atom. The summed E-state index contributed by atoms with van der Waals surface area (Å²) in [5.74, 6) is -0.762. The van der Waals surface area contributed by atoms with Gasteiger partial charge in [-0.3, -0.25) is 13.9 Å². The van der Waals surface area contributed by atoms with E-state index in [0.717, 1.165) is 29.4 Å². The van der Waals surface area contributed by atoms with E-state index in [0.29, 0.717) is 21.7 Å². The van der Waals surface area contributed by atoms with Crippen molar-refractivity contribution in [3.63, 3.8) is 0 Å². The van der Waals surface area contributed by atoms with Crippen LogP contribution in [0, 0.1) is 0 Å². The van der Waals surface area contributed by atoms with Gasteiger partial charge in [-0.2, -0.15) is 13.2 Å². The molecule has 0 spiro atoms. The molecule has 0 bridgehead atoms. The van der Waals surface area contributed by atoms with E-state index in [2.05, 4.69) is 5.32 Å². The smallest absolute Gasteiger partial charge is 0.416 e. The summed E-state index contributed by atoms with van der Waals surface area (Å²) in [7, 11) is -1.29. The molecule has 186 valence electrons. The van der Waals surface area contributed by atoms with Gasteiger partial charge >= 0.3 is 6.18 Å². The van der Waals surface area contributed by atoms with Gasteiger partial charge in [0, 0.05) is 13.6 Å². The number of halogens is 3. The number of sulfonamides is 1. The Balaban J connectivity index is 2.44. The normalized spacial score (nSPS) is 12.6. The molecule has 0 aromatic heterocycles. The van der Waals surface area contributed by atoms with E-state index in [1.807, 2.05) is 0 Å². The minimum Gasteiger partial charge on any atom is -0.497 e. The van der Waals surface area contributed by atoms with E-state index in [4.69, 9.17) is 4.74 Å². The lowest BCUT2D eigenvalue weighted by Crippen LogP contribution is -2.50. The number of likely N-dealkylation sites (N-methyl/N-ethyl adjacent to an activating group) is 1. The van der Waals surface area contributed by atoms with Crippen LogP contribution in [0.1, 0.15) is 18.1 Å². The Kier molecular flexibility index (Phi) is 8.54. The molecule has 2 amide bonds. The number of nitrogens with zero attached hydrogens (tertiary/aromatic N) is 2. The highest BCUT2D eigenvalue weighted by Crippen LogP contribution is 2.32. The summed E-state index contributed by atoms with van der Waals surface area (Å²) < 4.78 is 70.1. The number of carbonyl (C=O) groups excluding carboxylic acids is 2. The Hall–Kier alpha value is -3.28. The third-order valence-corrected chi connectivity index (χ3v) is 6.18. The molecule has 8 nitrogen and oxygen atoms in total. The number of hydrogen-bond donors (Lipinski definition) is 1. The highest BCUT2D eigenvalue weighted by Gasteiger charge is 2.33. The van der Waals surface area contributed by atoms with Crippen LogP contribution in [0.2, 0.25) is 0 Å². The number of methoxy groups -OCH3 is 1. The molecule has 0 heterocycles. The molecule has 34 heavy (non-hydrogen) atoms. The second kappa shape index (κ2) is 10.8. The van der Waals surface area contributed by atoms with E-state index < -0.39 is 46.2 Å². The SMILES string of the molecule is CNC(=O)[C@@H](C)N(Cc1cccc(OC)c1)C(=O)CN(c1cccc(C(F)(F)F)c1)S(C)(=O)=O. The number of nitrogens with one attached hydrogen (secondary N) is 1. The average molecular weight is 502 g/mol. The van der Waals surface area contributed by atoms with Crippen LogP contribution in [0.25, 0.3) is 0 Å². The lowest BCUT2D eigenvalue weighted by Gasteiger charge is -2.31. The molecule has 2 rings (SSSR count). The molecule has 12 heteroatoms. The lowest BCUT2D eigenvalue weighted by molar-refractivity contribution is -0.139. The van der Waals surface area contributed by atoms with Crippen LogP contribution < -0.4 is 14.4 Å². The minimum absolute atomic E-state index is 0.0647. The number of hydrogen-bond acceptors (Lipinski definition) is 5. The zero-order valence-electron chi connectivity index (χ0n) is 19.1. The molecule has 2 aromatic carbocycles. The summed E-state index contributed by atoms with van der Waals surface area (Å²) >= 11 is 0. The van der Waals surface area contributed by atoms with E-state index in [1.165, 1.54) is 21.1 Å². The summed E-state index contributed by atoms with van der Waals surface area (Å²) in [5, 5.41) is 2.43. The molecule has 0 aliphatic rings. The standard InChI is InChI=1S/C22H26F3N3O5S/c1-15(21(30)26-2)27(13-16-7-5-10-19(11-16)33-3)20(29)14-28(34(4,31)32)18-9-6-8-17(12-18)22(23,24)25/h5-12,15H,13-14H2,1-4H3,(H,26,30)/t15-/m1/s1. The van der Waals surface area contributed by atoms with Gasteiger partial charge in [0.15, 0.2) is 0 Å². The predicted octanol–water partition coefficient (Wildman–Crippen LogP) is 2.64. The van der Waals surface area contributed by atoms with Gasteiger partial charge in [-0.25, -0.2) is 8.42 Å².